The van der Waals surface area contributed by atoms with Crippen LogP contribution in [0.3, 0.4) is 0 Å². The van der Waals surface area contributed by atoms with E-state index in [1.807, 2.05) is 18.2 Å². The van der Waals surface area contributed by atoms with Gasteiger partial charge in [0.2, 0.25) is 0 Å². The predicted octanol–water partition coefficient (Wildman–Crippen LogP) is 3.91. The maximum Gasteiger partial charge on any atom is 0.119 e. The molecule has 2 aromatic rings. The Balaban J connectivity index is 1.90. The number of anilines is 1. The molecule has 0 fully saturated rings. The van der Waals surface area contributed by atoms with E-state index < -0.39 is 0 Å². The van der Waals surface area contributed by atoms with Crippen LogP contribution in [0.2, 0.25) is 0 Å². The second-order valence-electron chi connectivity index (χ2n) is 5.60. The molecular weight excluding hydrogens is 262 g/mol. The number of rotatable bonds is 3. The molecule has 1 N–H and O–H groups in total. The number of fused-ring (bicyclic) bond motifs is 1. The number of aromatic hydroxyl groups is 1. The first-order valence-electron chi connectivity index (χ1n) is 7.37. The van der Waals surface area contributed by atoms with Crippen LogP contribution in [0.15, 0.2) is 42.5 Å². The third-order valence-electron chi connectivity index (χ3n) is 4.36. The van der Waals surface area contributed by atoms with Crippen LogP contribution in [-0.4, -0.2) is 19.3 Å². The van der Waals surface area contributed by atoms with Crippen LogP contribution in [0.5, 0.6) is 11.5 Å². The molecule has 3 rings (SSSR count). The van der Waals surface area contributed by atoms with Gasteiger partial charge in [-0.25, -0.2) is 0 Å². The van der Waals surface area contributed by atoms with Crippen LogP contribution in [0.25, 0.3) is 0 Å². The Kier molecular flexibility index (Phi) is 3.74. The van der Waals surface area contributed by atoms with Crippen LogP contribution in [0, 0.1) is 0 Å². The summed E-state index contributed by atoms with van der Waals surface area (Å²) >= 11 is 0. The summed E-state index contributed by atoms with van der Waals surface area (Å²) in [5.41, 5.74) is 3.78. The van der Waals surface area contributed by atoms with Crippen molar-refractivity contribution in [2.45, 2.75) is 25.3 Å². The van der Waals surface area contributed by atoms with E-state index >= 15 is 0 Å². The molecule has 1 aliphatic carbocycles. The second-order valence-corrected chi connectivity index (χ2v) is 5.60. The maximum absolute atomic E-state index is 9.66. The Labute approximate surface area is 125 Å². The number of methoxy groups -OCH3 is 1. The standard InChI is InChI=1S/C18H21NO2/c1-19(14-6-9-16(21-2)10-7-14)18-5-3-4-13-12-15(20)8-11-17(13)18/h6-12,18,20H,3-5H2,1-2H3. The highest BCUT2D eigenvalue weighted by atomic mass is 16.5. The molecule has 2 aromatic carbocycles. The summed E-state index contributed by atoms with van der Waals surface area (Å²) in [6.45, 7) is 0. The van der Waals surface area contributed by atoms with Gasteiger partial charge in [0.1, 0.15) is 11.5 Å². The third-order valence-corrected chi connectivity index (χ3v) is 4.36. The first-order chi connectivity index (χ1) is 10.2. The van der Waals surface area contributed by atoms with Gasteiger partial charge in [0.15, 0.2) is 0 Å². The molecule has 0 saturated heterocycles. The van der Waals surface area contributed by atoms with Crippen LogP contribution in [0.4, 0.5) is 5.69 Å². The van der Waals surface area contributed by atoms with Gasteiger partial charge in [0.25, 0.3) is 0 Å². The summed E-state index contributed by atoms with van der Waals surface area (Å²) < 4.78 is 5.22. The van der Waals surface area contributed by atoms with E-state index in [-0.39, 0.29) is 0 Å². The number of aryl methyl sites for hydroxylation is 1. The lowest BCUT2D eigenvalue weighted by Crippen LogP contribution is -2.27. The molecule has 0 amide bonds. The Bertz CT molecular complexity index is 622. The topological polar surface area (TPSA) is 32.7 Å². The first-order valence-corrected chi connectivity index (χ1v) is 7.37. The fourth-order valence-electron chi connectivity index (χ4n) is 3.17. The Hall–Kier alpha value is -2.16. The van der Waals surface area contributed by atoms with Crippen LogP contribution >= 0.6 is 0 Å². The van der Waals surface area contributed by atoms with Crippen molar-refractivity contribution in [1.82, 2.24) is 0 Å². The van der Waals surface area contributed by atoms with Gasteiger partial charge in [-0.05, 0) is 66.8 Å². The summed E-state index contributed by atoms with van der Waals surface area (Å²) in [6.07, 6.45) is 3.35. The smallest absolute Gasteiger partial charge is 0.119 e. The lowest BCUT2D eigenvalue weighted by atomic mass is 9.86. The number of benzene rings is 2. The Morgan fingerprint density at radius 3 is 2.62 bits per heavy atom. The molecule has 0 radical (unpaired) electrons. The average Bonchev–Trinajstić information content (AvgIpc) is 2.53. The van der Waals surface area contributed by atoms with Crippen molar-refractivity contribution in [3.05, 3.63) is 53.6 Å². The fourth-order valence-corrected chi connectivity index (χ4v) is 3.17. The van der Waals surface area contributed by atoms with Gasteiger partial charge in [-0.2, -0.15) is 0 Å². The van der Waals surface area contributed by atoms with Gasteiger partial charge in [0.05, 0.1) is 13.2 Å². The SMILES string of the molecule is COc1ccc(N(C)C2CCCc3cc(O)ccc32)cc1. The lowest BCUT2D eigenvalue weighted by molar-refractivity contribution is 0.414. The minimum Gasteiger partial charge on any atom is -0.508 e. The largest absolute Gasteiger partial charge is 0.508 e. The van der Waals surface area contributed by atoms with E-state index in [1.165, 1.54) is 16.8 Å². The number of nitrogens with zero attached hydrogens (tertiary/aromatic N) is 1. The number of hydrogen-bond donors (Lipinski definition) is 1. The molecule has 0 bridgehead atoms. The number of ether oxygens (including phenoxy) is 1. The number of phenolic OH excluding ortho intramolecular Hbond substituents is 1. The van der Waals surface area contributed by atoms with Crippen molar-refractivity contribution >= 4 is 5.69 Å². The molecule has 0 spiro atoms. The number of phenols is 1. The Morgan fingerprint density at radius 1 is 1.14 bits per heavy atom. The molecule has 110 valence electrons. The molecule has 3 heteroatoms. The van der Waals surface area contributed by atoms with Gasteiger partial charge in [-0.3, -0.25) is 0 Å². The highest BCUT2D eigenvalue weighted by molar-refractivity contribution is 5.52. The van der Waals surface area contributed by atoms with Gasteiger partial charge in [-0.1, -0.05) is 6.07 Å². The van der Waals surface area contributed by atoms with E-state index in [2.05, 4.69) is 30.1 Å². The van der Waals surface area contributed by atoms with Gasteiger partial charge < -0.3 is 14.7 Å². The van der Waals surface area contributed by atoms with Crippen molar-refractivity contribution in [2.24, 2.45) is 0 Å². The fraction of sp³-hybridized carbons (Fsp3) is 0.333. The molecule has 1 aliphatic rings. The minimum atomic E-state index is 0.363. The van der Waals surface area contributed by atoms with E-state index in [0.717, 1.165) is 25.0 Å². The molecule has 3 nitrogen and oxygen atoms in total. The summed E-state index contributed by atoms with van der Waals surface area (Å²) in [4.78, 5) is 2.31. The summed E-state index contributed by atoms with van der Waals surface area (Å²) in [6, 6.07) is 14.3. The van der Waals surface area contributed by atoms with Crippen molar-refractivity contribution in [2.75, 3.05) is 19.1 Å². The average molecular weight is 283 g/mol. The quantitative estimate of drug-likeness (QED) is 0.927. The van der Waals surface area contributed by atoms with E-state index in [4.69, 9.17) is 4.74 Å². The van der Waals surface area contributed by atoms with Crippen molar-refractivity contribution in [1.29, 1.82) is 0 Å². The molecular formula is C18H21NO2. The minimum absolute atomic E-state index is 0.363. The highest BCUT2D eigenvalue weighted by Crippen LogP contribution is 2.37. The van der Waals surface area contributed by atoms with Crippen LogP contribution in [-0.2, 0) is 6.42 Å². The zero-order valence-corrected chi connectivity index (χ0v) is 12.5. The van der Waals surface area contributed by atoms with Crippen molar-refractivity contribution in [3.8, 4) is 11.5 Å². The Morgan fingerprint density at radius 2 is 1.90 bits per heavy atom. The molecule has 21 heavy (non-hydrogen) atoms. The zero-order valence-electron chi connectivity index (χ0n) is 12.5. The molecule has 1 unspecified atom stereocenters. The molecule has 0 aromatic heterocycles. The first kappa shape index (κ1) is 13.8. The normalized spacial score (nSPS) is 17.1. The number of hydrogen-bond acceptors (Lipinski definition) is 3. The second kappa shape index (κ2) is 5.68. The summed E-state index contributed by atoms with van der Waals surface area (Å²) in [5.74, 6) is 1.24. The predicted molar refractivity (Wildman–Crippen MR) is 85.2 cm³/mol. The molecule has 1 atom stereocenters. The molecule has 0 saturated carbocycles. The molecule has 0 heterocycles. The van der Waals surface area contributed by atoms with Crippen LogP contribution in [0.1, 0.15) is 30.0 Å². The zero-order chi connectivity index (χ0) is 14.8. The molecule has 0 aliphatic heterocycles. The third kappa shape index (κ3) is 2.68. The van der Waals surface area contributed by atoms with Gasteiger partial charge >= 0.3 is 0 Å². The van der Waals surface area contributed by atoms with E-state index in [0.29, 0.717) is 11.8 Å². The lowest BCUT2D eigenvalue weighted by Gasteiger charge is -2.35. The van der Waals surface area contributed by atoms with Crippen molar-refractivity contribution < 1.29 is 9.84 Å². The summed E-state index contributed by atoms with van der Waals surface area (Å²) in [7, 11) is 3.82. The maximum atomic E-state index is 9.66. The van der Waals surface area contributed by atoms with Crippen LogP contribution < -0.4 is 9.64 Å². The van der Waals surface area contributed by atoms with Crippen molar-refractivity contribution in [3.63, 3.8) is 0 Å². The van der Waals surface area contributed by atoms with Gasteiger partial charge in [-0.15, -0.1) is 0 Å². The monoisotopic (exact) mass is 283 g/mol. The van der Waals surface area contributed by atoms with E-state index in [1.54, 1.807) is 13.2 Å². The highest BCUT2D eigenvalue weighted by Gasteiger charge is 2.24. The van der Waals surface area contributed by atoms with E-state index in [9.17, 15) is 5.11 Å². The van der Waals surface area contributed by atoms with Gasteiger partial charge in [0, 0.05) is 12.7 Å². The summed E-state index contributed by atoms with van der Waals surface area (Å²) in [5, 5.41) is 9.66.